The number of aromatic nitrogens is 3. The van der Waals surface area contributed by atoms with Crippen molar-refractivity contribution in [2.45, 2.75) is 13.0 Å². The zero-order valence-corrected chi connectivity index (χ0v) is 13.1. The van der Waals surface area contributed by atoms with Gasteiger partial charge in [0, 0.05) is 37.4 Å². The first kappa shape index (κ1) is 13.3. The predicted molar refractivity (Wildman–Crippen MR) is 85.3 cm³/mol. The average molecular weight is 312 g/mol. The Morgan fingerprint density at radius 3 is 2.95 bits per heavy atom. The third-order valence-corrected chi connectivity index (χ3v) is 5.10. The van der Waals surface area contributed by atoms with Crippen molar-refractivity contribution in [2.24, 2.45) is 7.05 Å². The van der Waals surface area contributed by atoms with Gasteiger partial charge in [0.25, 0.3) is 5.91 Å². The van der Waals surface area contributed by atoms with Gasteiger partial charge in [-0.1, -0.05) is 0 Å². The molecular weight excluding hydrogens is 296 g/mol. The summed E-state index contributed by atoms with van der Waals surface area (Å²) in [6, 6.07) is 6.01. The van der Waals surface area contributed by atoms with Crippen LogP contribution in [0.15, 0.2) is 42.2 Å². The molecule has 0 atom stereocenters. The molecule has 4 rings (SSSR count). The van der Waals surface area contributed by atoms with Crippen LogP contribution < -0.4 is 0 Å². The molecule has 6 heteroatoms. The number of amides is 1. The van der Waals surface area contributed by atoms with E-state index in [1.165, 1.54) is 10.4 Å². The summed E-state index contributed by atoms with van der Waals surface area (Å²) in [6.45, 7) is 1.46. The van der Waals surface area contributed by atoms with Gasteiger partial charge < -0.3 is 9.47 Å². The highest BCUT2D eigenvalue weighted by molar-refractivity contribution is 7.10. The van der Waals surface area contributed by atoms with Gasteiger partial charge in [-0.3, -0.25) is 9.48 Å². The molecule has 1 aliphatic heterocycles. The summed E-state index contributed by atoms with van der Waals surface area (Å²) in [5, 5.41) is 6.38. The number of aryl methyl sites for hydroxylation is 1. The van der Waals surface area contributed by atoms with Crippen LogP contribution in [0.3, 0.4) is 0 Å². The van der Waals surface area contributed by atoms with Gasteiger partial charge in [-0.15, -0.1) is 11.3 Å². The number of rotatable bonds is 2. The highest BCUT2D eigenvalue weighted by atomic mass is 32.1. The monoisotopic (exact) mass is 312 g/mol. The molecule has 3 aromatic rings. The first-order chi connectivity index (χ1) is 10.7. The quantitative estimate of drug-likeness (QED) is 0.729. The maximum Gasteiger partial charge on any atom is 0.259 e. The van der Waals surface area contributed by atoms with Crippen LogP contribution in [0, 0.1) is 0 Å². The molecule has 0 spiro atoms. The van der Waals surface area contributed by atoms with Crippen molar-refractivity contribution in [1.82, 2.24) is 19.2 Å². The number of thiophene rings is 1. The highest BCUT2D eigenvalue weighted by Gasteiger charge is 2.26. The summed E-state index contributed by atoms with van der Waals surface area (Å²) in [4.78, 5) is 16.2. The molecule has 4 heterocycles. The summed E-state index contributed by atoms with van der Waals surface area (Å²) >= 11 is 1.78. The first-order valence-corrected chi connectivity index (χ1v) is 8.12. The van der Waals surface area contributed by atoms with E-state index in [0.717, 1.165) is 18.8 Å². The summed E-state index contributed by atoms with van der Waals surface area (Å²) < 4.78 is 3.67. The lowest BCUT2D eigenvalue weighted by Gasteiger charge is -2.27. The Labute approximate surface area is 132 Å². The van der Waals surface area contributed by atoms with Crippen molar-refractivity contribution >= 4 is 17.2 Å². The van der Waals surface area contributed by atoms with Gasteiger partial charge >= 0.3 is 0 Å². The number of fused-ring (bicyclic) bond motifs is 1. The van der Waals surface area contributed by atoms with Crippen molar-refractivity contribution in [3.8, 4) is 5.82 Å². The lowest BCUT2D eigenvalue weighted by molar-refractivity contribution is 0.0736. The van der Waals surface area contributed by atoms with Crippen LogP contribution in [0.5, 0.6) is 0 Å². The van der Waals surface area contributed by atoms with Crippen LogP contribution in [0.2, 0.25) is 0 Å². The molecule has 0 radical (unpaired) electrons. The Hall–Kier alpha value is -2.34. The van der Waals surface area contributed by atoms with Crippen LogP contribution in [0.25, 0.3) is 5.82 Å². The molecular formula is C16H16N4OS. The van der Waals surface area contributed by atoms with E-state index >= 15 is 0 Å². The molecule has 0 N–H and O–H groups in total. The van der Waals surface area contributed by atoms with Gasteiger partial charge in [-0.2, -0.15) is 5.10 Å². The maximum absolute atomic E-state index is 12.9. The van der Waals surface area contributed by atoms with Crippen LogP contribution in [-0.2, 0) is 20.0 Å². The van der Waals surface area contributed by atoms with Crippen molar-refractivity contribution < 1.29 is 4.79 Å². The maximum atomic E-state index is 12.9. The van der Waals surface area contributed by atoms with E-state index in [4.69, 9.17) is 0 Å². The summed E-state index contributed by atoms with van der Waals surface area (Å²) in [5.74, 6) is 0.861. The lowest BCUT2D eigenvalue weighted by Crippen LogP contribution is -2.35. The van der Waals surface area contributed by atoms with Crippen LogP contribution in [0.4, 0.5) is 0 Å². The Balaban J connectivity index is 1.67. The van der Waals surface area contributed by atoms with Gasteiger partial charge in [0.15, 0.2) is 0 Å². The zero-order chi connectivity index (χ0) is 15.1. The minimum absolute atomic E-state index is 0.0497. The standard InChI is InChI=1S/C16H16N4OS/c1-18-15(19-6-2-3-7-19)13(10-17-18)16(21)20-8-4-14-12(11-20)5-9-22-14/h2-3,5-7,9-10H,4,8,11H2,1H3. The van der Waals surface area contributed by atoms with Crippen LogP contribution in [-0.4, -0.2) is 31.7 Å². The number of hydrogen-bond acceptors (Lipinski definition) is 3. The molecule has 3 aromatic heterocycles. The minimum Gasteiger partial charge on any atom is -0.334 e. The molecule has 112 valence electrons. The van der Waals surface area contributed by atoms with E-state index in [9.17, 15) is 4.79 Å². The second kappa shape index (κ2) is 5.14. The van der Waals surface area contributed by atoms with Gasteiger partial charge in [0.1, 0.15) is 11.4 Å². The molecule has 0 aromatic carbocycles. The SMILES string of the molecule is Cn1ncc(C(=O)N2CCc3sccc3C2)c1-n1cccc1. The third kappa shape index (κ3) is 2.07. The fourth-order valence-electron chi connectivity index (χ4n) is 2.96. The molecule has 1 amide bonds. The molecule has 1 aliphatic rings. The summed E-state index contributed by atoms with van der Waals surface area (Å²) in [7, 11) is 1.86. The van der Waals surface area contributed by atoms with E-state index in [2.05, 4.69) is 16.5 Å². The van der Waals surface area contributed by atoms with Gasteiger partial charge in [0.05, 0.1) is 6.20 Å². The zero-order valence-electron chi connectivity index (χ0n) is 12.3. The van der Waals surface area contributed by atoms with Crippen molar-refractivity contribution in [3.05, 3.63) is 58.2 Å². The fraction of sp³-hybridized carbons (Fsp3) is 0.250. The Kier molecular flexibility index (Phi) is 3.11. The number of carbonyl (C=O) groups is 1. The third-order valence-electron chi connectivity index (χ3n) is 4.08. The highest BCUT2D eigenvalue weighted by Crippen LogP contribution is 2.26. The second-order valence-electron chi connectivity index (χ2n) is 5.44. The topological polar surface area (TPSA) is 43.1 Å². The first-order valence-electron chi connectivity index (χ1n) is 7.24. The second-order valence-corrected chi connectivity index (χ2v) is 6.44. The largest absolute Gasteiger partial charge is 0.334 e. The Bertz CT molecular complexity index is 815. The molecule has 22 heavy (non-hydrogen) atoms. The Morgan fingerprint density at radius 1 is 1.32 bits per heavy atom. The van der Waals surface area contributed by atoms with Crippen molar-refractivity contribution in [1.29, 1.82) is 0 Å². The van der Waals surface area contributed by atoms with Gasteiger partial charge in [-0.05, 0) is 35.6 Å². The molecule has 0 bridgehead atoms. The van der Waals surface area contributed by atoms with Crippen molar-refractivity contribution in [3.63, 3.8) is 0 Å². The molecule has 0 unspecified atom stereocenters. The number of nitrogens with zero attached hydrogens (tertiary/aromatic N) is 4. The smallest absolute Gasteiger partial charge is 0.259 e. The minimum atomic E-state index is 0.0497. The lowest BCUT2D eigenvalue weighted by atomic mass is 10.1. The normalized spacial score (nSPS) is 14.1. The predicted octanol–water partition coefficient (Wildman–Crippen LogP) is 2.47. The number of carbonyl (C=O) groups excluding carboxylic acids is 1. The fourth-order valence-corrected chi connectivity index (χ4v) is 3.85. The van der Waals surface area contributed by atoms with Crippen molar-refractivity contribution in [2.75, 3.05) is 6.54 Å². The van der Waals surface area contributed by atoms with E-state index in [0.29, 0.717) is 12.1 Å². The van der Waals surface area contributed by atoms with E-state index in [1.54, 1.807) is 22.2 Å². The molecule has 0 fully saturated rings. The Morgan fingerprint density at radius 2 is 2.14 bits per heavy atom. The molecule has 0 aliphatic carbocycles. The molecule has 0 saturated carbocycles. The van der Waals surface area contributed by atoms with E-state index in [-0.39, 0.29) is 5.91 Å². The van der Waals surface area contributed by atoms with Gasteiger partial charge in [-0.25, -0.2) is 0 Å². The summed E-state index contributed by atoms with van der Waals surface area (Å²) in [6.07, 6.45) is 6.47. The van der Waals surface area contributed by atoms with Gasteiger partial charge in [0.2, 0.25) is 0 Å². The van der Waals surface area contributed by atoms with Crippen LogP contribution >= 0.6 is 11.3 Å². The molecule has 5 nitrogen and oxygen atoms in total. The van der Waals surface area contributed by atoms with E-state index in [1.807, 2.05) is 41.0 Å². The van der Waals surface area contributed by atoms with Crippen LogP contribution in [0.1, 0.15) is 20.8 Å². The average Bonchev–Trinajstić information content (AvgIpc) is 3.25. The number of hydrogen-bond donors (Lipinski definition) is 0. The summed E-state index contributed by atoms with van der Waals surface area (Å²) in [5.41, 5.74) is 1.92. The van der Waals surface area contributed by atoms with E-state index < -0.39 is 0 Å². The molecule has 0 saturated heterocycles.